The number of non-ortho nitro benzene ring substituents is 1. The van der Waals surface area contributed by atoms with Crippen LogP contribution >= 0.6 is 0 Å². The van der Waals surface area contributed by atoms with E-state index in [1.165, 1.54) is 25.3 Å². The van der Waals surface area contributed by atoms with Crippen LogP contribution in [0.1, 0.15) is 26.2 Å². The molecule has 1 aliphatic rings. The first kappa shape index (κ1) is 15.1. The van der Waals surface area contributed by atoms with E-state index in [4.69, 9.17) is 4.74 Å². The Morgan fingerprint density at radius 2 is 2.24 bits per heavy atom. The third kappa shape index (κ3) is 3.42. The summed E-state index contributed by atoms with van der Waals surface area (Å²) in [5.41, 5.74) is 0.229. The van der Waals surface area contributed by atoms with Crippen LogP contribution in [-0.4, -0.2) is 35.6 Å². The Hall–Kier alpha value is -2.31. The van der Waals surface area contributed by atoms with Crippen molar-refractivity contribution >= 4 is 17.4 Å². The molecule has 1 aromatic carbocycles. The second-order valence-corrected chi connectivity index (χ2v) is 5.11. The zero-order valence-corrected chi connectivity index (χ0v) is 12.2. The number of hydrogen-bond donors (Lipinski definition) is 1. The van der Waals surface area contributed by atoms with E-state index in [1.54, 1.807) is 4.90 Å². The Kier molecular flexibility index (Phi) is 4.62. The van der Waals surface area contributed by atoms with Gasteiger partial charge in [0.2, 0.25) is 0 Å². The molecule has 1 aliphatic heterocycles. The van der Waals surface area contributed by atoms with Crippen molar-refractivity contribution in [2.24, 2.45) is 0 Å². The largest absolute Gasteiger partial charge is 0.495 e. The van der Waals surface area contributed by atoms with Crippen molar-refractivity contribution < 1.29 is 14.5 Å². The van der Waals surface area contributed by atoms with Gasteiger partial charge in [-0.3, -0.25) is 10.1 Å². The van der Waals surface area contributed by atoms with Crippen LogP contribution in [0, 0.1) is 10.1 Å². The summed E-state index contributed by atoms with van der Waals surface area (Å²) in [6, 6.07) is 4.06. The van der Waals surface area contributed by atoms with E-state index in [0.29, 0.717) is 18.0 Å². The van der Waals surface area contributed by atoms with Gasteiger partial charge in [-0.15, -0.1) is 0 Å². The van der Waals surface area contributed by atoms with Gasteiger partial charge in [0.1, 0.15) is 5.75 Å². The zero-order chi connectivity index (χ0) is 15.4. The third-order valence-corrected chi connectivity index (χ3v) is 3.70. The average molecular weight is 293 g/mol. The lowest BCUT2D eigenvalue weighted by Gasteiger charge is -2.33. The van der Waals surface area contributed by atoms with Gasteiger partial charge in [-0.1, -0.05) is 0 Å². The third-order valence-electron chi connectivity index (χ3n) is 3.70. The van der Waals surface area contributed by atoms with Gasteiger partial charge in [0.25, 0.3) is 5.69 Å². The second-order valence-electron chi connectivity index (χ2n) is 5.11. The van der Waals surface area contributed by atoms with Crippen molar-refractivity contribution in [3.8, 4) is 5.75 Å². The van der Waals surface area contributed by atoms with Gasteiger partial charge in [0.15, 0.2) is 0 Å². The maximum absolute atomic E-state index is 12.3. The maximum atomic E-state index is 12.3. The number of amides is 2. The molecule has 1 atom stereocenters. The number of rotatable bonds is 3. The number of benzene rings is 1. The lowest BCUT2D eigenvalue weighted by molar-refractivity contribution is -0.384. The number of nitro groups is 1. The standard InChI is InChI=1S/C14H19N3O4/c1-10-5-3-4-8-16(10)14(18)15-12-9-11(17(19)20)6-7-13(12)21-2/h6-7,9-10H,3-5,8H2,1-2H3,(H,15,18). The van der Waals surface area contributed by atoms with E-state index in [1.807, 2.05) is 6.92 Å². The number of anilines is 1. The average Bonchev–Trinajstić information content (AvgIpc) is 2.47. The predicted octanol–water partition coefficient (Wildman–Crippen LogP) is 3.01. The minimum Gasteiger partial charge on any atom is -0.495 e. The number of methoxy groups -OCH3 is 1. The van der Waals surface area contributed by atoms with Crippen LogP contribution in [0.2, 0.25) is 0 Å². The first-order valence-corrected chi connectivity index (χ1v) is 6.93. The van der Waals surface area contributed by atoms with Gasteiger partial charge >= 0.3 is 6.03 Å². The van der Waals surface area contributed by atoms with Crippen LogP contribution in [0.4, 0.5) is 16.2 Å². The summed E-state index contributed by atoms with van der Waals surface area (Å²) in [6.07, 6.45) is 3.06. The normalized spacial score (nSPS) is 18.2. The fraction of sp³-hybridized carbons (Fsp3) is 0.500. The monoisotopic (exact) mass is 293 g/mol. The number of ether oxygens (including phenoxy) is 1. The van der Waals surface area contributed by atoms with Crippen molar-refractivity contribution in [3.63, 3.8) is 0 Å². The summed E-state index contributed by atoms with van der Waals surface area (Å²) in [4.78, 5) is 24.4. The van der Waals surface area contributed by atoms with E-state index in [2.05, 4.69) is 5.32 Å². The molecule has 1 unspecified atom stereocenters. The van der Waals surface area contributed by atoms with Gasteiger partial charge < -0.3 is 15.0 Å². The van der Waals surface area contributed by atoms with Crippen molar-refractivity contribution in [1.82, 2.24) is 4.90 Å². The quantitative estimate of drug-likeness (QED) is 0.685. The summed E-state index contributed by atoms with van der Waals surface area (Å²) in [5.74, 6) is 0.401. The highest BCUT2D eigenvalue weighted by Gasteiger charge is 2.24. The van der Waals surface area contributed by atoms with Crippen molar-refractivity contribution in [3.05, 3.63) is 28.3 Å². The van der Waals surface area contributed by atoms with Gasteiger partial charge in [-0.25, -0.2) is 4.79 Å². The van der Waals surface area contributed by atoms with Crippen molar-refractivity contribution in [2.75, 3.05) is 19.0 Å². The summed E-state index contributed by atoms with van der Waals surface area (Å²) in [5, 5.41) is 13.5. The number of nitro benzene ring substituents is 1. The summed E-state index contributed by atoms with van der Waals surface area (Å²) in [7, 11) is 1.46. The number of urea groups is 1. The first-order valence-electron chi connectivity index (χ1n) is 6.93. The number of hydrogen-bond acceptors (Lipinski definition) is 4. The highest BCUT2D eigenvalue weighted by atomic mass is 16.6. The number of piperidine rings is 1. The van der Waals surface area contributed by atoms with Crippen LogP contribution in [0.5, 0.6) is 5.75 Å². The van der Waals surface area contributed by atoms with Crippen LogP contribution in [-0.2, 0) is 0 Å². The Bertz CT molecular complexity index is 547. The van der Waals surface area contributed by atoms with E-state index in [-0.39, 0.29) is 17.8 Å². The maximum Gasteiger partial charge on any atom is 0.322 e. The summed E-state index contributed by atoms with van der Waals surface area (Å²) < 4.78 is 5.14. The first-order chi connectivity index (χ1) is 10.0. The van der Waals surface area contributed by atoms with E-state index >= 15 is 0 Å². The lowest BCUT2D eigenvalue weighted by atomic mass is 10.0. The Balaban J connectivity index is 2.19. The van der Waals surface area contributed by atoms with Crippen molar-refractivity contribution in [1.29, 1.82) is 0 Å². The number of carbonyl (C=O) groups excluding carboxylic acids is 1. The molecule has 7 heteroatoms. The SMILES string of the molecule is COc1ccc([N+](=O)[O-])cc1NC(=O)N1CCCCC1C. The second kappa shape index (κ2) is 6.43. The highest BCUT2D eigenvalue weighted by molar-refractivity contribution is 5.91. The van der Waals surface area contributed by atoms with Gasteiger partial charge in [-0.2, -0.15) is 0 Å². The van der Waals surface area contributed by atoms with Gasteiger partial charge in [0, 0.05) is 24.7 Å². The minimum atomic E-state index is -0.501. The van der Waals surface area contributed by atoms with Crippen LogP contribution in [0.15, 0.2) is 18.2 Å². The Labute approximate surface area is 123 Å². The highest BCUT2D eigenvalue weighted by Crippen LogP contribution is 2.29. The molecule has 2 amide bonds. The van der Waals surface area contributed by atoms with Gasteiger partial charge in [-0.05, 0) is 32.3 Å². The van der Waals surface area contributed by atoms with E-state index < -0.39 is 4.92 Å². The Morgan fingerprint density at radius 1 is 1.48 bits per heavy atom. The van der Waals surface area contributed by atoms with E-state index in [9.17, 15) is 14.9 Å². The molecule has 1 aromatic rings. The Morgan fingerprint density at radius 3 is 2.86 bits per heavy atom. The zero-order valence-electron chi connectivity index (χ0n) is 12.2. The topological polar surface area (TPSA) is 84.7 Å². The van der Waals surface area contributed by atoms with Crippen LogP contribution < -0.4 is 10.1 Å². The van der Waals surface area contributed by atoms with Crippen LogP contribution in [0.3, 0.4) is 0 Å². The van der Waals surface area contributed by atoms with E-state index in [0.717, 1.165) is 19.3 Å². The molecule has 1 fully saturated rings. The molecular formula is C14H19N3O4. The molecule has 0 aliphatic carbocycles. The lowest BCUT2D eigenvalue weighted by Crippen LogP contribution is -2.44. The number of nitrogens with one attached hydrogen (secondary N) is 1. The molecule has 0 radical (unpaired) electrons. The number of nitrogens with zero attached hydrogens (tertiary/aromatic N) is 2. The fourth-order valence-corrected chi connectivity index (χ4v) is 2.49. The van der Waals surface area contributed by atoms with Gasteiger partial charge in [0.05, 0.1) is 17.7 Å². The molecule has 1 heterocycles. The number of likely N-dealkylation sites (tertiary alicyclic amines) is 1. The summed E-state index contributed by atoms with van der Waals surface area (Å²) in [6.45, 7) is 2.70. The smallest absolute Gasteiger partial charge is 0.322 e. The molecule has 7 nitrogen and oxygen atoms in total. The fourth-order valence-electron chi connectivity index (χ4n) is 2.49. The molecule has 21 heavy (non-hydrogen) atoms. The predicted molar refractivity (Wildman–Crippen MR) is 78.7 cm³/mol. The van der Waals surface area contributed by atoms with Crippen LogP contribution in [0.25, 0.3) is 0 Å². The molecule has 0 spiro atoms. The molecule has 0 bridgehead atoms. The van der Waals surface area contributed by atoms with Crippen molar-refractivity contribution in [2.45, 2.75) is 32.2 Å². The summed E-state index contributed by atoms with van der Waals surface area (Å²) >= 11 is 0. The molecule has 1 saturated heterocycles. The molecule has 1 N–H and O–H groups in total. The molecular weight excluding hydrogens is 274 g/mol. The number of carbonyl (C=O) groups is 1. The minimum absolute atomic E-state index is 0.0854. The molecule has 114 valence electrons. The molecule has 2 rings (SSSR count). The molecule has 0 saturated carbocycles. The molecule has 0 aromatic heterocycles.